The topological polar surface area (TPSA) is 30.4 Å². The van der Waals surface area contributed by atoms with E-state index in [2.05, 4.69) is 170 Å². The van der Waals surface area contributed by atoms with Crippen LogP contribution in [0.1, 0.15) is 25.0 Å². The van der Waals surface area contributed by atoms with Gasteiger partial charge in [0.1, 0.15) is 16.8 Å². The van der Waals surface area contributed by atoms with Gasteiger partial charge in [0.2, 0.25) is 0 Å². The molecule has 10 rings (SSSR count). The molecular formula is C46H32N2O. The molecule has 0 fully saturated rings. The number of imidazole rings is 1. The molecule has 0 unspecified atom stereocenters. The fraction of sp³-hybridized carbons (Fsp3) is 0.0652. The van der Waals surface area contributed by atoms with E-state index in [0.717, 1.165) is 61.2 Å². The molecule has 0 bridgehead atoms. The first-order valence-corrected chi connectivity index (χ1v) is 16.9. The van der Waals surface area contributed by atoms with Crippen LogP contribution in [0.2, 0.25) is 0 Å². The molecule has 232 valence electrons. The maximum absolute atomic E-state index is 6.78. The van der Waals surface area contributed by atoms with Gasteiger partial charge in [-0.25, -0.2) is 4.98 Å². The van der Waals surface area contributed by atoms with E-state index in [-0.39, 0.29) is 5.41 Å². The van der Waals surface area contributed by atoms with E-state index in [1.54, 1.807) is 0 Å². The zero-order valence-electron chi connectivity index (χ0n) is 27.3. The Hall–Kier alpha value is -6.19. The van der Waals surface area contributed by atoms with Gasteiger partial charge >= 0.3 is 0 Å². The summed E-state index contributed by atoms with van der Waals surface area (Å²) >= 11 is 0. The van der Waals surface area contributed by atoms with Crippen LogP contribution in [0.4, 0.5) is 0 Å². The van der Waals surface area contributed by atoms with Gasteiger partial charge in [-0.2, -0.15) is 0 Å². The molecule has 49 heavy (non-hydrogen) atoms. The van der Waals surface area contributed by atoms with Gasteiger partial charge in [-0.05, 0) is 75.3 Å². The van der Waals surface area contributed by atoms with E-state index in [0.29, 0.717) is 0 Å². The highest BCUT2D eigenvalue weighted by atomic mass is 16.3. The molecule has 1 aliphatic rings. The van der Waals surface area contributed by atoms with Gasteiger partial charge in [-0.15, -0.1) is 0 Å². The van der Waals surface area contributed by atoms with Crippen molar-refractivity contribution in [3.8, 4) is 55.9 Å². The number of hydrogen-bond acceptors (Lipinski definition) is 2. The molecule has 9 aromatic rings. The normalized spacial score (nSPS) is 13.3. The Morgan fingerprint density at radius 2 is 1.20 bits per heavy atom. The van der Waals surface area contributed by atoms with E-state index in [1.807, 2.05) is 6.07 Å². The Balaban J connectivity index is 1.14. The lowest BCUT2D eigenvalue weighted by molar-refractivity contribution is 0.658. The van der Waals surface area contributed by atoms with Gasteiger partial charge in [-0.1, -0.05) is 129 Å². The Labute approximate surface area is 284 Å². The zero-order valence-corrected chi connectivity index (χ0v) is 27.3. The van der Waals surface area contributed by atoms with Crippen LogP contribution in [-0.2, 0) is 5.41 Å². The maximum atomic E-state index is 6.78. The molecule has 0 spiro atoms. The highest BCUT2D eigenvalue weighted by molar-refractivity contribution is 6.11. The molecule has 3 heterocycles. The van der Waals surface area contributed by atoms with Crippen LogP contribution >= 0.6 is 0 Å². The number of pyridine rings is 1. The Morgan fingerprint density at radius 3 is 2.10 bits per heavy atom. The molecule has 0 atom stereocenters. The van der Waals surface area contributed by atoms with Crippen LogP contribution in [-0.4, -0.2) is 9.38 Å². The Bertz CT molecular complexity index is 2750. The van der Waals surface area contributed by atoms with Crippen molar-refractivity contribution >= 4 is 27.6 Å². The summed E-state index contributed by atoms with van der Waals surface area (Å²) in [6.45, 7) is 4.66. The van der Waals surface area contributed by atoms with Crippen molar-refractivity contribution in [2.24, 2.45) is 0 Å². The van der Waals surface area contributed by atoms with Gasteiger partial charge in [0.25, 0.3) is 0 Å². The third-order valence-corrected chi connectivity index (χ3v) is 10.4. The minimum atomic E-state index is -0.0675. The summed E-state index contributed by atoms with van der Waals surface area (Å²) in [6, 6.07) is 54.1. The molecule has 0 saturated heterocycles. The molecule has 0 aliphatic heterocycles. The predicted molar refractivity (Wildman–Crippen MR) is 202 cm³/mol. The smallest absolute Gasteiger partial charge is 0.143 e. The van der Waals surface area contributed by atoms with Gasteiger partial charge in [0.05, 0.1) is 11.4 Å². The lowest BCUT2D eigenvalue weighted by Gasteiger charge is -2.21. The monoisotopic (exact) mass is 628 g/mol. The van der Waals surface area contributed by atoms with Crippen LogP contribution < -0.4 is 0 Å². The average Bonchev–Trinajstić information content (AvgIpc) is 3.79. The molecule has 3 aromatic heterocycles. The number of fused-ring (bicyclic) bond motifs is 7. The Kier molecular flexibility index (Phi) is 5.92. The average molecular weight is 629 g/mol. The molecule has 0 saturated carbocycles. The van der Waals surface area contributed by atoms with Gasteiger partial charge in [0.15, 0.2) is 0 Å². The quantitative estimate of drug-likeness (QED) is 0.194. The highest BCUT2D eigenvalue weighted by Crippen LogP contribution is 2.51. The third-order valence-electron chi connectivity index (χ3n) is 10.4. The molecule has 3 nitrogen and oxygen atoms in total. The van der Waals surface area contributed by atoms with Gasteiger partial charge in [0, 0.05) is 39.1 Å². The fourth-order valence-corrected chi connectivity index (χ4v) is 8.00. The van der Waals surface area contributed by atoms with Crippen molar-refractivity contribution in [1.82, 2.24) is 9.38 Å². The van der Waals surface area contributed by atoms with Crippen LogP contribution in [0.3, 0.4) is 0 Å². The summed E-state index contributed by atoms with van der Waals surface area (Å²) in [4.78, 5) is 5.18. The number of furan rings is 1. The van der Waals surface area contributed by atoms with Crippen LogP contribution in [0.25, 0.3) is 83.5 Å². The number of aromatic nitrogens is 2. The molecule has 1 aliphatic carbocycles. The second-order valence-corrected chi connectivity index (χ2v) is 13.6. The second kappa shape index (κ2) is 10.4. The summed E-state index contributed by atoms with van der Waals surface area (Å²) < 4.78 is 8.98. The van der Waals surface area contributed by atoms with Crippen LogP contribution in [0.5, 0.6) is 0 Å². The minimum absolute atomic E-state index is 0.0675. The molecule has 0 amide bonds. The van der Waals surface area contributed by atoms with Crippen molar-refractivity contribution < 1.29 is 4.42 Å². The van der Waals surface area contributed by atoms with Crippen LogP contribution in [0, 0.1) is 0 Å². The lowest BCUT2D eigenvalue weighted by atomic mass is 9.82. The number of nitrogens with zero attached hydrogens (tertiary/aromatic N) is 2. The molecule has 0 N–H and O–H groups in total. The van der Waals surface area contributed by atoms with Crippen molar-refractivity contribution in [3.05, 3.63) is 169 Å². The van der Waals surface area contributed by atoms with Crippen molar-refractivity contribution in [1.29, 1.82) is 0 Å². The van der Waals surface area contributed by atoms with E-state index in [1.165, 1.54) is 33.4 Å². The highest BCUT2D eigenvalue weighted by Gasteiger charge is 2.36. The third kappa shape index (κ3) is 4.19. The Morgan fingerprint density at radius 1 is 0.510 bits per heavy atom. The number of rotatable bonds is 4. The van der Waals surface area contributed by atoms with E-state index < -0.39 is 0 Å². The summed E-state index contributed by atoms with van der Waals surface area (Å²) in [5.41, 5.74) is 16.7. The predicted octanol–water partition coefficient (Wildman–Crippen LogP) is 12.2. The van der Waals surface area contributed by atoms with Crippen molar-refractivity contribution in [2.75, 3.05) is 0 Å². The summed E-state index contributed by atoms with van der Waals surface area (Å²) in [6.07, 6.45) is 2.10. The largest absolute Gasteiger partial charge is 0.455 e. The number of para-hydroxylation sites is 1. The lowest BCUT2D eigenvalue weighted by Crippen LogP contribution is -2.14. The minimum Gasteiger partial charge on any atom is -0.455 e. The van der Waals surface area contributed by atoms with E-state index >= 15 is 0 Å². The van der Waals surface area contributed by atoms with E-state index in [4.69, 9.17) is 9.40 Å². The first kappa shape index (κ1) is 27.9. The zero-order chi connectivity index (χ0) is 32.7. The standard InChI is InChI=1S/C46H32N2O/c1-46(2)39-22-7-6-19-35(39)37-28-41-38(27-40(37)46)36-21-12-20-34(45(36)49-41)31-16-11-18-33(26-31)44-43(47-42-23-8-9-24-48(42)44)32-17-10-15-30(25-32)29-13-4-3-5-14-29/h3-28H,1-2H3. The number of hydrogen-bond donors (Lipinski definition) is 0. The first-order chi connectivity index (χ1) is 24.0. The number of benzene rings is 6. The first-order valence-electron chi connectivity index (χ1n) is 16.9. The van der Waals surface area contributed by atoms with Crippen molar-refractivity contribution in [3.63, 3.8) is 0 Å². The van der Waals surface area contributed by atoms with E-state index in [9.17, 15) is 0 Å². The van der Waals surface area contributed by atoms with Gasteiger partial charge < -0.3 is 4.42 Å². The summed E-state index contributed by atoms with van der Waals surface area (Å²) in [5.74, 6) is 0. The SMILES string of the molecule is CC1(C)c2ccccc2-c2cc3oc4c(-c5cccc(-c6c(-c7cccc(-c8ccccc8)c7)nc7ccccn67)c5)cccc4c3cc21. The van der Waals surface area contributed by atoms with Crippen molar-refractivity contribution in [2.45, 2.75) is 19.3 Å². The van der Waals surface area contributed by atoms with Crippen LogP contribution in [0.15, 0.2) is 162 Å². The van der Waals surface area contributed by atoms with Gasteiger partial charge in [-0.3, -0.25) is 4.40 Å². The summed E-state index contributed by atoms with van der Waals surface area (Å²) in [5, 5.41) is 2.30. The molecular weight excluding hydrogens is 597 g/mol. The molecule has 6 aromatic carbocycles. The summed E-state index contributed by atoms with van der Waals surface area (Å²) in [7, 11) is 0. The molecule has 3 heteroatoms. The molecule has 0 radical (unpaired) electrons. The maximum Gasteiger partial charge on any atom is 0.143 e. The second-order valence-electron chi connectivity index (χ2n) is 13.6. The fourth-order valence-electron chi connectivity index (χ4n) is 8.00.